The third-order valence-corrected chi connectivity index (χ3v) is 4.82. The van der Waals surface area contributed by atoms with Crippen molar-refractivity contribution in [2.75, 3.05) is 23.7 Å². The van der Waals surface area contributed by atoms with E-state index in [1.54, 1.807) is 18.5 Å². The molecule has 0 aliphatic rings. The van der Waals surface area contributed by atoms with Gasteiger partial charge in [0, 0.05) is 41.0 Å². The topological polar surface area (TPSA) is 91.8 Å². The summed E-state index contributed by atoms with van der Waals surface area (Å²) in [7, 11) is 0. The molecule has 0 radical (unpaired) electrons. The quantitative estimate of drug-likeness (QED) is 0.509. The molecule has 1 amide bonds. The van der Waals surface area contributed by atoms with Crippen LogP contribution in [0.4, 0.5) is 17.3 Å². The number of hydrogen-bond donors (Lipinski definition) is 3. The zero-order valence-electron chi connectivity index (χ0n) is 13.1. The van der Waals surface area contributed by atoms with Crippen molar-refractivity contribution in [1.82, 2.24) is 20.5 Å². The molecule has 3 aromatic heterocycles. The van der Waals surface area contributed by atoms with Crippen molar-refractivity contribution in [1.29, 1.82) is 0 Å². The van der Waals surface area contributed by atoms with Crippen molar-refractivity contribution >= 4 is 50.5 Å². The lowest BCUT2D eigenvalue weighted by molar-refractivity contribution is 0.0959. The van der Waals surface area contributed by atoms with E-state index in [9.17, 15) is 4.79 Å². The Kier molecular flexibility index (Phi) is 5.91. The second-order valence-electron chi connectivity index (χ2n) is 4.98. The summed E-state index contributed by atoms with van der Waals surface area (Å²) >= 11 is 4.74. The molecule has 9 heteroatoms. The minimum absolute atomic E-state index is 0.0829. The maximum Gasteiger partial charge on any atom is 0.261 e. The van der Waals surface area contributed by atoms with E-state index in [4.69, 9.17) is 0 Å². The molecule has 7 nitrogen and oxygen atoms in total. The highest BCUT2D eigenvalue weighted by molar-refractivity contribution is 9.10. The van der Waals surface area contributed by atoms with Crippen LogP contribution in [-0.2, 0) is 0 Å². The Balaban J connectivity index is 1.42. The fraction of sp³-hybridized carbons (Fsp3) is 0.125. The number of hydrogen-bond acceptors (Lipinski definition) is 7. The van der Waals surface area contributed by atoms with Crippen LogP contribution >= 0.6 is 27.3 Å². The molecule has 128 valence electrons. The first-order chi connectivity index (χ1) is 12.2. The normalized spacial score (nSPS) is 10.3. The lowest BCUT2D eigenvalue weighted by atomic mass is 10.4. The first kappa shape index (κ1) is 17.3. The molecule has 3 aromatic rings. The molecule has 25 heavy (non-hydrogen) atoms. The Morgan fingerprint density at radius 3 is 2.52 bits per heavy atom. The minimum Gasteiger partial charge on any atom is -0.367 e. The van der Waals surface area contributed by atoms with Gasteiger partial charge in [-0.3, -0.25) is 9.78 Å². The number of thiophene rings is 1. The highest BCUT2D eigenvalue weighted by Gasteiger charge is 2.07. The summed E-state index contributed by atoms with van der Waals surface area (Å²) in [6, 6.07) is 9.16. The Bertz CT molecular complexity index is 824. The summed E-state index contributed by atoms with van der Waals surface area (Å²) < 4.78 is 0.913. The van der Waals surface area contributed by atoms with Crippen molar-refractivity contribution in [2.45, 2.75) is 0 Å². The summed E-state index contributed by atoms with van der Waals surface area (Å²) in [6.07, 6.45) is 3.41. The Morgan fingerprint density at radius 1 is 1.08 bits per heavy atom. The van der Waals surface area contributed by atoms with Crippen LogP contribution in [0.1, 0.15) is 9.67 Å². The van der Waals surface area contributed by atoms with Gasteiger partial charge in [0.15, 0.2) is 5.82 Å². The first-order valence-electron chi connectivity index (χ1n) is 7.47. The van der Waals surface area contributed by atoms with Crippen molar-refractivity contribution < 1.29 is 4.79 Å². The van der Waals surface area contributed by atoms with Gasteiger partial charge in [-0.15, -0.1) is 21.5 Å². The van der Waals surface area contributed by atoms with Crippen LogP contribution in [0.2, 0.25) is 0 Å². The van der Waals surface area contributed by atoms with Gasteiger partial charge in [0.05, 0.1) is 4.88 Å². The van der Waals surface area contributed by atoms with Gasteiger partial charge in [-0.05, 0) is 46.3 Å². The van der Waals surface area contributed by atoms with Crippen molar-refractivity contribution in [3.63, 3.8) is 0 Å². The number of nitrogens with zero attached hydrogens (tertiary/aromatic N) is 3. The third kappa shape index (κ3) is 5.23. The number of pyridine rings is 1. The van der Waals surface area contributed by atoms with Gasteiger partial charge in [0.2, 0.25) is 0 Å². The highest BCUT2D eigenvalue weighted by Crippen LogP contribution is 2.19. The van der Waals surface area contributed by atoms with Crippen LogP contribution in [0.5, 0.6) is 0 Å². The van der Waals surface area contributed by atoms with E-state index in [2.05, 4.69) is 47.1 Å². The number of halogens is 1. The minimum atomic E-state index is -0.0829. The molecular weight excluding hydrogens is 404 g/mol. The zero-order valence-corrected chi connectivity index (χ0v) is 15.5. The van der Waals surface area contributed by atoms with E-state index in [0.29, 0.717) is 29.6 Å². The number of aromatic nitrogens is 3. The van der Waals surface area contributed by atoms with Gasteiger partial charge in [0.25, 0.3) is 5.91 Å². The van der Waals surface area contributed by atoms with Crippen LogP contribution in [0.15, 0.2) is 52.6 Å². The molecule has 0 saturated heterocycles. The van der Waals surface area contributed by atoms with Gasteiger partial charge in [-0.1, -0.05) is 0 Å². The van der Waals surface area contributed by atoms with Crippen molar-refractivity contribution in [3.8, 4) is 0 Å². The molecule has 0 aliphatic carbocycles. The van der Waals surface area contributed by atoms with Crippen molar-refractivity contribution in [2.24, 2.45) is 0 Å². The van der Waals surface area contributed by atoms with E-state index in [0.717, 1.165) is 10.2 Å². The Labute approximate surface area is 157 Å². The van der Waals surface area contributed by atoms with Gasteiger partial charge in [-0.2, -0.15) is 0 Å². The van der Waals surface area contributed by atoms with E-state index < -0.39 is 0 Å². The summed E-state index contributed by atoms with van der Waals surface area (Å²) in [5.41, 5.74) is 0.896. The highest BCUT2D eigenvalue weighted by atomic mass is 79.9. The molecule has 3 N–H and O–H groups in total. The van der Waals surface area contributed by atoms with Gasteiger partial charge < -0.3 is 16.0 Å². The summed E-state index contributed by atoms with van der Waals surface area (Å²) in [6.45, 7) is 1.05. The average molecular weight is 419 g/mol. The SMILES string of the molecule is O=C(NCCNc1ccc(Nc2ccncc2)nn1)c1cc(Br)cs1. The molecule has 0 fully saturated rings. The van der Waals surface area contributed by atoms with Gasteiger partial charge >= 0.3 is 0 Å². The standard InChI is InChI=1S/C16H15BrN6OS/c17-11-9-13(25-10-11)16(24)20-8-7-19-14-1-2-15(23-22-14)21-12-3-5-18-6-4-12/h1-6,9-10H,7-8H2,(H,19,22)(H,20,24)(H,18,21,23). The fourth-order valence-electron chi connectivity index (χ4n) is 1.96. The van der Waals surface area contributed by atoms with E-state index in [-0.39, 0.29) is 5.91 Å². The monoisotopic (exact) mass is 418 g/mol. The van der Waals surface area contributed by atoms with E-state index in [1.165, 1.54) is 11.3 Å². The number of nitrogens with one attached hydrogen (secondary N) is 3. The number of rotatable bonds is 7. The van der Waals surface area contributed by atoms with E-state index in [1.807, 2.05) is 29.6 Å². The number of carbonyl (C=O) groups excluding carboxylic acids is 1. The van der Waals surface area contributed by atoms with Crippen LogP contribution in [0.3, 0.4) is 0 Å². The Morgan fingerprint density at radius 2 is 1.84 bits per heavy atom. The summed E-state index contributed by atoms with van der Waals surface area (Å²) in [4.78, 5) is 16.5. The second kappa shape index (κ2) is 8.54. The fourth-order valence-corrected chi connectivity index (χ4v) is 3.30. The molecule has 0 bridgehead atoms. The molecule has 0 saturated carbocycles. The molecule has 3 rings (SSSR count). The molecule has 0 unspecified atom stereocenters. The van der Waals surface area contributed by atoms with Crippen molar-refractivity contribution in [3.05, 3.63) is 57.5 Å². The first-order valence-corrected chi connectivity index (χ1v) is 9.15. The number of amides is 1. The summed E-state index contributed by atoms with van der Waals surface area (Å²) in [5.74, 6) is 1.21. The molecule has 3 heterocycles. The average Bonchev–Trinajstić information content (AvgIpc) is 3.07. The second-order valence-corrected chi connectivity index (χ2v) is 6.80. The summed E-state index contributed by atoms with van der Waals surface area (Å²) in [5, 5.41) is 19.2. The van der Waals surface area contributed by atoms with Crippen LogP contribution < -0.4 is 16.0 Å². The molecule has 0 spiro atoms. The lowest BCUT2D eigenvalue weighted by Crippen LogP contribution is -2.28. The molecule has 0 aliphatic heterocycles. The lowest BCUT2D eigenvalue weighted by Gasteiger charge is -2.08. The maximum atomic E-state index is 11.9. The smallest absolute Gasteiger partial charge is 0.261 e. The molecular formula is C16H15BrN6OS. The van der Waals surface area contributed by atoms with Crippen LogP contribution in [0.25, 0.3) is 0 Å². The maximum absolute atomic E-state index is 11.9. The number of carbonyl (C=O) groups is 1. The van der Waals surface area contributed by atoms with Crippen LogP contribution in [-0.4, -0.2) is 34.2 Å². The molecule has 0 aromatic carbocycles. The third-order valence-electron chi connectivity index (χ3n) is 3.13. The van der Waals surface area contributed by atoms with E-state index >= 15 is 0 Å². The van der Waals surface area contributed by atoms with Crippen LogP contribution in [0, 0.1) is 0 Å². The molecule has 0 atom stereocenters. The van der Waals surface area contributed by atoms with Gasteiger partial charge in [0.1, 0.15) is 5.82 Å². The zero-order chi connectivity index (χ0) is 17.5. The van der Waals surface area contributed by atoms with Gasteiger partial charge in [-0.25, -0.2) is 0 Å². The predicted octanol–water partition coefficient (Wildman–Crippen LogP) is 3.28. The number of anilines is 3. The largest absolute Gasteiger partial charge is 0.367 e. The predicted molar refractivity (Wildman–Crippen MR) is 102 cm³/mol. The Hall–Kier alpha value is -2.52.